The van der Waals surface area contributed by atoms with Crippen molar-refractivity contribution in [3.8, 4) is 11.4 Å². The SMILES string of the molecule is Nc1c(F)ccnc1-c1nccc(F)c1N. The summed E-state index contributed by atoms with van der Waals surface area (Å²) in [6.07, 6.45) is 2.43. The number of anilines is 2. The second-order valence-corrected chi connectivity index (χ2v) is 3.11. The van der Waals surface area contributed by atoms with Crippen molar-refractivity contribution < 1.29 is 8.78 Å². The van der Waals surface area contributed by atoms with Crippen LogP contribution in [-0.2, 0) is 0 Å². The van der Waals surface area contributed by atoms with Gasteiger partial charge in [-0.25, -0.2) is 8.78 Å². The number of hydrogen-bond acceptors (Lipinski definition) is 4. The first kappa shape index (κ1) is 10.3. The summed E-state index contributed by atoms with van der Waals surface area (Å²) in [4.78, 5) is 7.67. The average Bonchev–Trinajstić information content (AvgIpc) is 2.27. The molecule has 0 aliphatic carbocycles. The van der Waals surface area contributed by atoms with Crippen LogP contribution >= 0.6 is 0 Å². The minimum atomic E-state index is -0.643. The molecule has 0 aliphatic heterocycles. The maximum Gasteiger partial charge on any atom is 0.149 e. The maximum atomic E-state index is 13.2. The number of rotatable bonds is 1. The highest BCUT2D eigenvalue weighted by molar-refractivity contribution is 5.78. The summed E-state index contributed by atoms with van der Waals surface area (Å²) < 4.78 is 26.3. The second kappa shape index (κ2) is 3.73. The number of pyridine rings is 2. The van der Waals surface area contributed by atoms with Crippen molar-refractivity contribution in [2.75, 3.05) is 11.5 Å². The highest BCUT2D eigenvalue weighted by Gasteiger charge is 2.14. The minimum Gasteiger partial charge on any atom is -0.395 e. The molecule has 0 unspecified atom stereocenters. The molecule has 0 saturated heterocycles. The molecule has 4 N–H and O–H groups in total. The van der Waals surface area contributed by atoms with Crippen LogP contribution in [0, 0.1) is 11.6 Å². The molecule has 2 aromatic rings. The van der Waals surface area contributed by atoms with Gasteiger partial charge in [-0.05, 0) is 12.1 Å². The molecule has 0 bridgehead atoms. The third kappa shape index (κ3) is 1.54. The van der Waals surface area contributed by atoms with Gasteiger partial charge in [-0.1, -0.05) is 0 Å². The number of halogens is 2. The lowest BCUT2D eigenvalue weighted by Gasteiger charge is -2.07. The van der Waals surface area contributed by atoms with Crippen LogP contribution in [0.2, 0.25) is 0 Å². The van der Waals surface area contributed by atoms with E-state index in [2.05, 4.69) is 9.97 Å². The van der Waals surface area contributed by atoms with Crippen molar-refractivity contribution in [1.82, 2.24) is 9.97 Å². The van der Waals surface area contributed by atoms with Crippen LogP contribution < -0.4 is 11.5 Å². The van der Waals surface area contributed by atoms with Gasteiger partial charge in [0.1, 0.15) is 23.0 Å². The van der Waals surface area contributed by atoms with Crippen LogP contribution in [0.5, 0.6) is 0 Å². The molecule has 4 nitrogen and oxygen atoms in total. The van der Waals surface area contributed by atoms with E-state index in [1.807, 2.05) is 0 Å². The molecule has 2 aromatic heterocycles. The fourth-order valence-corrected chi connectivity index (χ4v) is 1.28. The monoisotopic (exact) mass is 222 g/mol. The number of nitrogen functional groups attached to an aromatic ring is 2. The van der Waals surface area contributed by atoms with E-state index in [4.69, 9.17) is 11.5 Å². The van der Waals surface area contributed by atoms with Gasteiger partial charge in [0.05, 0.1) is 11.4 Å². The van der Waals surface area contributed by atoms with E-state index in [1.165, 1.54) is 12.4 Å². The van der Waals surface area contributed by atoms with Crippen molar-refractivity contribution in [1.29, 1.82) is 0 Å². The lowest BCUT2D eigenvalue weighted by Crippen LogP contribution is -2.02. The van der Waals surface area contributed by atoms with Crippen molar-refractivity contribution in [2.24, 2.45) is 0 Å². The van der Waals surface area contributed by atoms with Crippen LogP contribution in [0.3, 0.4) is 0 Å². The third-order valence-corrected chi connectivity index (χ3v) is 2.10. The Bertz CT molecular complexity index is 493. The molecule has 0 fully saturated rings. The Morgan fingerprint density at radius 1 is 0.812 bits per heavy atom. The Morgan fingerprint density at radius 3 is 1.56 bits per heavy atom. The molecule has 0 amide bonds. The topological polar surface area (TPSA) is 77.8 Å². The summed E-state index contributed by atoms with van der Waals surface area (Å²) >= 11 is 0. The van der Waals surface area contributed by atoms with Crippen molar-refractivity contribution in [3.05, 3.63) is 36.2 Å². The van der Waals surface area contributed by atoms with Gasteiger partial charge in [0.2, 0.25) is 0 Å². The van der Waals surface area contributed by atoms with E-state index in [9.17, 15) is 8.78 Å². The number of nitrogens with two attached hydrogens (primary N) is 2. The van der Waals surface area contributed by atoms with E-state index < -0.39 is 11.6 Å². The van der Waals surface area contributed by atoms with Crippen LogP contribution in [-0.4, -0.2) is 9.97 Å². The fourth-order valence-electron chi connectivity index (χ4n) is 1.28. The number of hydrogen-bond donors (Lipinski definition) is 2. The predicted octanol–water partition coefficient (Wildman–Crippen LogP) is 1.59. The van der Waals surface area contributed by atoms with Crippen LogP contribution in [0.1, 0.15) is 0 Å². The summed E-state index contributed by atoms with van der Waals surface area (Å²) in [7, 11) is 0. The first-order valence-corrected chi connectivity index (χ1v) is 4.41. The minimum absolute atomic E-state index is 0.0389. The molecule has 0 saturated carbocycles. The summed E-state index contributed by atoms with van der Waals surface area (Å²) in [6, 6.07) is 2.21. The molecule has 2 rings (SSSR count). The van der Waals surface area contributed by atoms with E-state index in [1.54, 1.807) is 0 Å². The Kier molecular flexibility index (Phi) is 2.40. The Balaban J connectivity index is 2.68. The molecule has 82 valence electrons. The molecule has 0 aromatic carbocycles. The lowest BCUT2D eigenvalue weighted by atomic mass is 10.2. The zero-order valence-electron chi connectivity index (χ0n) is 8.11. The Morgan fingerprint density at radius 2 is 1.19 bits per heavy atom. The van der Waals surface area contributed by atoms with Crippen LogP contribution in [0.15, 0.2) is 24.5 Å². The lowest BCUT2D eigenvalue weighted by molar-refractivity contribution is 0.628. The highest BCUT2D eigenvalue weighted by atomic mass is 19.1. The third-order valence-electron chi connectivity index (χ3n) is 2.10. The molecule has 16 heavy (non-hydrogen) atoms. The number of nitrogens with zero attached hydrogens (tertiary/aromatic N) is 2. The Hall–Kier alpha value is -2.24. The first-order chi connectivity index (χ1) is 7.61. The largest absolute Gasteiger partial charge is 0.395 e. The van der Waals surface area contributed by atoms with E-state index >= 15 is 0 Å². The summed E-state index contributed by atoms with van der Waals surface area (Å²) in [6.45, 7) is 0. The van der Waals surface area contributed by atoms with Crippen molar-refractivity contribution >= 4 is 11.4 Å². The number of aromatic nitrogens is 2. The molecular weight excluding hydrogens is 214 g/mol. The second-order valence-electron chi connectivity index (χ2n) is 3.11. The van der Waals surface area contributed by atoms with Gasteiger partial charge in [0.25, 0.3) is 0 Å². The summed E-state index contributed by atoms with van der Waals surface area (Å²) in [5.74, 6) is -1.29. The average molecular weight is 222 g/mol. The van der Waals surface area contributed by atoms with Crippen molar-refractivity contribution in [3.63, 3.8) is 0 Å². The quantitative estimate of drug-likeness (QED) is 0.767. The Labute approximate surface area is 89.9 Å². The van der Waals surface area contributed by atoms with Crippen molar-refractivity contribution in [2.45, 2.75) is 0 Å². The smallest absolute Gasteiger partial charge is 0.149 e. The molecule has 0 spiro atoms. The van der Waals surface area contributed by atoms with Gasteiger partial charge in [-0.15, -0.1) is 0 Å². The van der Waals surface area contributed by atoms with Crippen LogP contribution in [0.4, 0.5) is 20.2 Å². The summed E-state index contributed by atoms with van der Waals surface area (Å²) in [5.41, 5.74) is 10.6. The van der Waals surface area contributed by atoms with E-state index in [0.29, 0.717) is 0 Å². The van der Waals surface area contributed by atoms with Gasteiger partial charge in [-0.3, -0.25) is 9.97 Å². The highest BCUT2D eigenvalue weighted by Crippen LogP contribution is 2.29. The van der Waals surface area contributed by atoms with E-state index in [0.717, 1.165) is 12.1 Å². The molecule has 6 heteroatoms. The standard InChI is InChI=1S/C10H8F2N4/c11-5-1-3-15-9(7(5)13)10-8(14)6(12)2-4-16-10/h1-4H,13-14H2. The maximum absolute atomic E-state index is 13.2. The molecule has 0 radical (unpaired) electrons. The molecule has 0 atom stereocenters. The molecular formula is C10H8F2N4. The zero-order valence-corrected chi connectivity index (χ0v) is 8.11. The van der Waals surface area contributed by atoms with Crippen LogP contribution in [0.25, 0.3) is 11.4 Å². The van der Waals surface area contributed by atoms with Gasteiger partial charge >= 0.3 is 0 Å². The van der Waals surface area contributed by atoms with E-state index in [-0.39, 0.29) is 22.8 Å². The normalized spacial score (nSPS) is 10.4. The van der Waals surface area contributed by atoms with Gasteiger partial charge in [-0.2, -0.15) is 0 Å². The summed E-state index contributed by atoms with van der Waals surface area (Å²) in [5, 5.41) is 0. The van der Waals surface area contributed by atoms with Gasteiger partial charge in [0.15, 0.2) is 0 Å². The molecule has 2 heterocycles. The predicted molar refractivity (Wildman–Crippen MR) is 56.2 cm³/mol. The van der Waals surface area contributed by atoms with Gasteiger partial charge < -0.3 is 11.5 Å². The fraction of sp³-hybridized carbons (Fsp3) is 0. The molecule has 0 aliphatic rings. The zero-order chi connectivity index (χ0) is 11.7. The first-order valence-electron chi connectivity index (χ1n) is 4.41. The van der Waals surface area contributed by atoms with Gasteiger partial charge in [0, 0.05) is 12.4 Å².